The summed E-state index contributed by atoms with van der Waals surface area (Å²) in [4.78, 5) is 12.2. The topological polar surface area (TPSA) is 69.3 Å². The number of hydrogen-bond donors (Lipinski definition) is 1. The molecule has 2 heterocycles. The van der Waals surface area contributed by atoms with Gasteiger partial charge >= 0.3 is 0 Å². The number of rotatable bonds is 8. The molecule has 6 heteroatoms. The van der Waals surface area contributed by atoms with Gasteiger partial charge in [0.2, 0.25) is 0 Å². The van der Waals surface area contributed by atoms with Crippen LogP contribution >= 0.6 is 0 Å². The number of fused-ring (bicyclic) bond motifs is 1. The number of aryl methyl sites for hydroxylation is 1. The van der Waals surface area contributed by atoms with E-state index in [0.29, 0.717) is 12.3 Å². The summed E-state index contributed by atoms with van der Waals surface area (Å²) < 4.78 is 13.2. The zero-order chi connectivity index (χ0) is 19.2. The van der Waals surface area contributed by atoms with Crippen LogP contribution in [-0.2, 0) is 13.2 Å². The van der Waals surface area contributed by atoms with Gasteiger partial charge in [-0.25, -0.2) is 0 Å². The van der Waals surface area contributed by atoms with Crippen molar-refractivity contribution >= 4 is 16.7 Å². The van der Waals surface area contributed by atoms with Crippen LogP contribution in [0.4, 0.5) is 0 Å². The molecule has 0 atom stereocenters. The summed E-state index contributed by atoms with van der Waals surface area (Å²) in [6.07, 6.45) is 4.44. The Morgan fingerprint density at radius 2 is 1.96 bits per heavy atom. The summed E-state index contributed by atoms with van der Waals surface area (Å²) in [5, 5.41) is 9.27. The third kappa shape index (κ3) is 4.40. The number of furan rings is 1. The maximum Gasteiger partial charge on any atom is 0.286 e. The number of amides is 1. The molecule has 0 fully saturated rings. The molecule has 2 aromatic carbocycles. The standard InChI is InChI=1S/C22H21N3O3/c26-22(23-11-3-13-25-14-4-12-24-25)21-10-9-20(28-21)16-27-19-8-7-17-5-1-2-6-18(17)15-19/h1-2,4-10,12,14-15H,3,11,13,16H2,(H,23,26). The maximum atomic E-state index is 12.2. The van der Waals surface area contributed by atoms with Crippen LogP contribution in [-0.4, -0.2) is 22.2 Å². The molecule has 0 aliphatic carbocycles. The van der Waals surface area contributed by atoms with Crippen LogP contribution in [0.25, 0.3) is 10.8 Å². The molecular formula is C22H21N3O3. The second-order valence-corrected chi connectivity index (χ2v) is 6.44. The highest BCUT2D eigenvalue weighted by atomic mass is 16.5. The van der Waals surface area contributed by atoms with E-state index in [0.717, 1.165) is 24.1 Å². The predicted molar refractivity (Wildman–Crippen MR) is 106 cm³/mol. The molecule has 2 aromatic heterocycles. The van der Waals surface area contributed by atoms with Crippen molar-refractivity contribution in [3.63, 3.8) is 0 Å². The van der Waals surface area contributed by atoms with Crippen molar-refractivity contribution in [1.29, 1.82) is 0 Å². The molecule has 0 spiro atoms. The monoisotopic (exact) mass is 375 g/mol. The quantitative estimate of drug-likeness (QED) is 0.472. The molecule has 4 aromatic rings. The van der Waals surface area contributed by atoms with Gasteiger partial charge in [0.25, 0.3) is 5.91 Å². The average Bonchev–Trinajstić information content (AvgIpc) is 3.41. The minimum atomic E-state index is -0.225. The molecule has 1 amide bonds. The van der Waals surface area contributed by atoms with Crippen LogP contribution in [0.1, 0.15) is 22.7 Å². The number of aromatic nitrogens is 2. The van der Waals surface area contributed by atoms with Gasteiger partial charge in [0, 0.05) is 25.5 Å². The Bertz CT molecular complexity index is 1050. The number of benzene rings is 2. The molecule has 28 heavy (non-hydrogen) atoms. The molecule has 0 unspecified atom stereocenters. The molecule has 0 bridgehead atoms. The van der Waals surface area contributed by atoms with E-state index < -0.39 is 0 Å². The van der Waals surface area contributed by atoms with Gasteiger partial charge in [-0.05, 0) is 47.5 Å². The number of ether oxygens (including phenoxy) is 1. The summed E-state index contributed by atoms with van der Waals surface area (Å²) in [6.45, 7) is 1.59. The number of carbonyl (C=O) groups excluding carboxylic acids is 1. The smallest absolute Gasteiger partial charge is 0.286 e. The molecule has 0 saturated heterocycles. The van der Waals surface area contributed by atoms with Crippen molar-refractivity contribution in [3.8, 4) is 5.75 Å². The van der Waals surface area contributed by atoms with Gasteiger partial charge in [-0.1, -0.05) is 30.3 Å². The van der Waals surface area contributed by atoms with Gasteiger partial charge in [-0.2, -0.15) is 5.10 Å². The van der Waals surface area contributed by atoms with E-state index in [1.165, 1.54) is 5.39 Å². The fourth-order valence-corrected chi connectivity index (χ4v) is 2.95. The van der Waals surface area contributed by atoms with E-state index in [-0.39, 0.29) is 18.3 Å². The highest BCUT2D eigenvalue weighted by Gasteiger charge is 2.11. The lowest BCUT2D eigenvalue weighted by Crippen LogP contribution is -2.24. The average molecular weight is 375 g/mol. The maximum absolute atomic E-state index is 12.2. The molecule has 0 aliphatic heterocycles. The molecule has 0 radical (unpaired) electrons. The first kappa shape index (κ1) is 17.9. The van der Waals surface area contributed by atoms with E-state index >= 15 is 0 Å². The van der Waals surface area contributed by atoms with Crippen LogP contribution in [0, 0.1) is 0 Å². The van der Waals surface area contributed by atoms with Crippen LogP contribution in [0.15, 0.2) is 77.5 Å². The second kappa shape index (κ2) is 8.43. The molecule has 1 N–H and O–H groups in total. The summed E-state index contributed by atoms with van der Waals surface area (Å²) in [5.41, 5.74) is 0. The Labute approximate surface area is 162 Å². The van der Waals surface area contributed by atoms with Crippen molar-refractivity contribution in [3.05, 3.63) is 84.6 Å². The van der Waals surface area contributed by atoms with E-state index in [1.807, 2.05) is 53.3 Å². The van der Waals surface area contributed by atoms with E-state index in [2.05, 4.69) is 16.5 Å². The Morgan fingerprint density at radius 1 is 1.07 bits per heavy atom. The van der Waals surface area contributed by atoms with Gasteiger partial charge in [0.15, 0.2) is 5.76 Å². The minimum absolute atomic E-state index is 0.225. The Kier molecular flexibility index (Phi) is 5.38. The number of nitrogens with one attached hydrogen (secondary N) is 1. The zero-order valence-corrected chi connectivity index (χ0v) is 15.4. The normalized spacial score (nSPS) is 10.9. The first-order chi connectivity index (χ1) is 13.8. The van der Waals surface area contributed by atoms with E-state index in [4.69, 9.17) is 9.15 Å². The Hall–Kier alpha value is -3.54. The lowest BCUT2D eigenvalue weighted by molar-refractivity contribution is 0.0921. The van der Waals surface area contributed by atoms with Gasteiger partial charge in [-0.3, -0.25) is 9.48 Å². The summed E-state index contributed by atoms with van der Waals surface area (Å²) >= 11 is 0. The van der Waals surface area contributed by atoms with Gasteiger partial charge in [0.1, 0.15) is 18.1 Å². The lowest BCUT2D eigenvalue weighted by atomic mass is 10.1. The predicted octanol–water partition coefficient (Wildman–Crippen LogP) is 4.03. The SMILES string of the molecule is O=C(NCCCn1cccn1)c1ccc(COc2ccc3ccccc3c2)o1. The van der Waals surface area contributed by atoms with Crippen LogP contribution < -0.4 is 10.1 Å². The van der Waals surface area contributed by atoms with E-state index in [9.17, 15) is 4.79 Å². The molecular weight excluding hydrogens is 354 g/mol. The Balaban J connectivity index is 1.26. The van der Waals surface area contributed by atoms with Crippen molar-refractivity contribution < 1.29 is 13.9 Å². The third-order valence-corrected chi connectivity index (χ3v) is 4.40. The van der Waals surface area contributed by atoms with Crippen LogP contribution in [0.5, 0.6) is 5.75 Å². The Morgan fingerprint density at radius 3 is 2.82 bits per heavy atom. The van der Waals surface area contributed by atoms with Crippen LogP contribution in [0.2, 0.25) is 0 Å². The van der Waals surface area contributed by atoms with Crippen LogP contribution in [0.3, 0.4) is 0 Å². The van der Waals surface area contributed by atoms with Crippen molar-refractivity contribution in [2.45, 2.75) is 19.6 Å². The third-order valence-electron chi connectivity index (χ3n) is 4.40. The number of hydrogen-bond acceptors (Lipinski definition) is 4. The highest BCUT2D eigenvalue weighted by molar-refractivity contribution is 5.91. The zero-order valence-electron chi connectivity index (χ0n) is 15.4. The lowest BCUT2D eigenvalue weighted by Gasteiger charge is -2.06. The second-order valence-electron chi connectivity index (χ2n) is 6.44. The van der Waals surface area contributed by atoms with Gasteiger partial charge in [-0.15, -0.1) is 0 Å². The van der Waals surface area contributed by atoms with Gasteiger partial charge < -0.3 is 14.5 Å². The minimum Gasteiger partial charge on any atom is -0.486 e. The highest BCUT2D eigenvalue weighted by Crippen LogP contribution is 2.21. The largest absolute Gasteiger partial charge is 0.486 e. The number of carbonyl (C=O) groups is 1. The summed E-state index contributed by atoms with van der Waals surface area (Å²) in [7, 11) is 0. The first-order valence-electron chi connectivity index (χ1n) is 9.24. The fourth-order valence-electron chi connectivity index (χ4n) is 2.95. The fraction of sp³-hybridized carbons (Fsp3) is 0.182. The number of nitrogens with zero attached hydrogens (tertiary/aromatic N) is 2. The molecule has 4 rings (SSSR count). The van der Waals surface area contributed by atoms with E-state index in [1.54, 1.807) is 18.3 Å². The van der Waals surface area contributed by atoms with Crippen molar-refractivity contribution in [2.24, 2.45) is 0 Å². The molecule has 0 saturated carbocycles. The molecule has 142 valence electrons. The van der Waals surface area contributed by atoms with Crippen molar-refractivity contribution in [2.75, 3.05) is 6.54 Å². The molecule has 0 aliphatic rings. The van der Waals surface area contributed by atoms with Gasteiger partial charge in [0.05, 0.1) is 0 Å². The molecule has 6 nitrogen and oxygen atoms in total. The first-order valence-corrected chi connectivity index (χ1v) is 9.24. The summed E-state index contributed by atoms with van der Waals surface area (Å²) in [5.74, 6) is 1.43. The summed E-state index contributed by atoms with van der Waals surface area (Å²) in [6, 6.07) is 19.4. The van der Waals surface area contributed by atoms with Crippen molar-refractivity contribution in [1.82, 2.24) is 15.1 Å².